The van der Waals surface area contributed by atoms with Crippen LogP contribution in [0, 0.1) is 5.92 Å². The lowest BCUT2D eigenvalue weighted by Crippen LogP contribution is -2.40. The molecule has 0 radical (unpaired) electrons. The number of thiophene rings is 1. The minimum absolute atomic E-state index is 0.0303. The minimum Gasteiger partial charge on any atom is -0.383 e. The van der Waals surface area contributed by atoms with E-state index in [1.165, 1.54) is 17.8 Å². The molecule has 1 aromatic rings. The van der Waals surface area contributed by atoms with Gasteiger partial charge in [-0.2, -0.15) is 0 Å². The summed E-state index contributed by atoms with van der Waals surface area (Å²) in [5.41, 5.74) is -1.15. The molecule has 0 unspecified atom stereocenters. The highest BCUT2D eigenvalue weighted by Gasteiger charge is 2.28. The summed E-state index contributed by atoms with van der Waals surface area (Å²) in [5.74, 6) is 0.459. The average Bonchev–Trinajstić information content (AvgIpc) is 2.92. The second kappa shape index (κ2) is 6.56. The van der Waals surface area contributed by atoms with Crippen molar-refractivity contribution in [2.24, 2.45) is 5.92 Å². The number of nitrogens with one attached hydrogen (secondary N) is 1. The Kier molecular flexibility index (Phi) is 5.23. The quantitative estimate of drug-likeness (QED) is 0.847. The molecule has 1 aliphatic rings. The molecule has 1 aliphatic carbocycles. The fourth-order valence-corrected chi connectivity index (χ4v) is 5.01. The molecule has 0 amide bonds. The highest BCUT2D eigenvalue weighted by Crippen LogP contribution is 2.26. The van der Waals surface area contributed by atoms with Crippen LogP contribution < -0.4 is 4.72 Å². The van der Waals surface area contributed by atoms with Crippen LogP contribution in [-0.4, -0.2) is 25.8 Å². The van der Waals surface area contributed by atoms with Crippen LogP contribution in [0.3, 0.4) is 0 Å². The van der Waals surface area contributed by atoms with Gasteiger partial charge in [0.05, 0.1) is 5.75 Å². The molecular formula is C14H23NO3S2. The summed E-state index contributed by atoms with van der Waals surface area (Å²) in [6.45, 7) is 1.67. The Morgan fingerprint density at radius 1 is 1.40 bits per heavy atom. The van der Waals surface area contributed by atoms with Gasteiger partial charge in [0.15, 0.2) is 0 Å². The monoisotopic (exact) mass is 317 g/mol. The summed E-state index contributed by atoms with van der Waals surface area (Å²) in [6.07, 6.45) is 5.49. The largest absolute Gasteiger partial charge is 0.383 e. The van der Waals surface area contributed by atoms with Crippen molar-refractivity contribution in [2.45, 2.75) is 44.6 Å². The van der Waals surface area contributed by atoms with Gasteiger partial charge in [-0.1, -0.05) is 25.3 Å². The van der Waals surface area contributed by atoms with E-state index in [-0.39, 0.29) is 18.2 Å². The van der Waals surface area contributed by atoms with E-state index in [2.05, 4.69) is 4.72 Å². The van der Waals surface area contributed by atoms with Crippen molar-refractivity contribution >= 4 is 21.4 Å². The van der Waals surface area contributed by atoms with Gasteiger partial charge < -0.3 is 5.11 Å². The lowest BCUT2D eigenvalue weighted by atomic mass is 9.91. The first-order valence-electron chi connectivity index (χ1n) is 7.13. The van der Waals surface area contributed by atoms with Crippen LogP contribution in [0.15, 0.2) is 17.5 Å². The van der Waals surface area contributed by atoms with Crippen molar-refractivity contribution < 1.29 is 13.5 Å². The predicted molar refractivity (Wildman–Crippen MR) is 82.3 cm³/mol. The van der Waals surface area contributed by atoms with Crippen LogP contribution in [0.2, 0.25) is 0 Å². The van der Waals surface area contributed by atoms with Gasteiger partial charge in [-0.25, -0.2) is 13.1 Å². The molecule has 4 nitrogen and oxygen atoms in total. The van der Waals surface area contributed by atoms with E-state index in [0.717, 1.165) is 30.6 Å². The molecule has 2 N–H and O–H groups in total. The fraction of sp³-hybridized carbons (Fsp3) is 0.714. The molecule has 114 valence electrons. The Labute approximate surface area is 125 Å². The van der Waals surface area contributed by atoms with Crippen LogP contribution >= 0.6 is 11.3 Å². The van der Waals surface area contributed by atoms with Gasteiger partial charge in [-0.3, -0.25) is 0 Å². The smallest absolute Gasteiger partial charge is 0.211 e. The summed E-state index contributed by atoms with van der Waals surface area (Å²) in [5, 5.41) is 12.2. The highest BCUT2D eigenvalue weighted by atomic mass is 32.2. The average molecular weight is 317 g/mol. The third-order valence-electron chi connectivity index (χ3n) is 3.87. The Morgan fingerprint density at radius 3 is 2.70 bits per heavy atom. The van der Waals surface area contributed by atoms with Crippen molar-refractivity contribution in [2.75, 3.05) is 12.3 Å². The third-order valence-corrected chi connectivity index (χ3v) is 6.49. The van der Waals surface area contributed by atoms with Crippen LogP contribution in [0.1, 0.15) is 43.9 Å². The van der Waals surface area contributed by atoms with E-state index in [9.17, 15) is 13.5 Å². The number of rotatable bonds is 6. The van der Waals surface area contributed by atoms with Gasteiger partial charge in [-0.05, 0) is 37.1 Å². The molecule has 1 aromatic heterocycles. The van der Waals surface area contributed by atoms with Gasteiger partial charge >= 0.3 is 0 Å². The Balaban J connectivity index is 1.88. The molecular weight excluding hydrogens is 294 g/mol. The normalized spacial score (nSPS) is 20.7. The first kappa shape index (κ1) is 15.9. The summed E-state index contributed by atoms with van der Waals surface area (Å²) < 4.78 is 26.8. The molecule has 1 fully saturated rings. The Morgan fingerprint density at radius 2 is 2.10 bits per heavy atom. The van der Waals surface area contributed by atoms with E-state index in [0.29, 0.717) is 0 Å². The molecule has 0 spiro atoms. The van der Waals surface area contributed by atoms with Gasteiger partial charge in [0.25, 0.3) is 0 Å². The zero-order valence-electron chi connectivity index (χ0n) is 11.8. The maximum atomic E-state index is 12.1. The van der Waals surface area contributed by atoms with Gasteiger partial charge in [0.2, 0.25) is 10.0 Å². The topological polar surface area (TPSA) is 66.4 Å². The van der Waals surface area contributed by atoms with Gasteiger partial charge in [0.1, 0.15) is 5.60 Å². The zero-order valence-corrected chi connectivity index (χ0v) is 13.5. The zero-order chi connectivity index (χ0) is 14.6. The van der Waals surface area contributed by atoms with Crippen molar-refractivity contribution in [1.82, 2.24) is 4.72 Å². The molecule has 1 heterocycles. The third kappa shape index (κ3) is 4.55. The molecule has 20 heavy (non-hydrogen) atoms. The Hall–Kier alpha value is -0.430. The first-order chi connectivity index (χ1) is 9.39. The van der Waals surface area contributed by atoms with Crippen molar-refractivity contribution in [3.8, 4) is 0 Å². The molecule has 0 bridgehead atoms. The van der Waals surface area contributed by atoms with Crippen molar-refractivity contribution in [3.05, 3.63) is 22.4 Å². The minimum atomic E-state index is -3.31. The number of aliphatic hydroxyl groups is 1. The molecule has 2 rings (SSSR count). The second-order valence-corrected chi connectivity index (χ2v) is 8.66. The van der Waals surface area contributed by atoms with Gasteiger partial charge in [-0.15, -0.1) is 11.3 Å². The van der Waals surface area contributed by atoms with E-state index < -0.39 is 15.6 Å². The number of sulfonamides is 1. The summed E-state index contributed by atoms with van der Waals surface area (Å²) in [7, 11) is -3.31. The van der Waals surface area contributed by atoms with Crippen molar-refractivity contribution in [3.63, 3.8) is 0 Å². The maximum Gasteiger partial charge on any atom is 0.211 e. The van der Waals surface area contributed by atoms with Crippen LogP contribution in [0.25, 0.3) is 0 Å². The predicted octanol–water partition coefficient (Wildman–Crippen LogP) is 2.46. The molecule has 6 heteroatoms. The summed E-state index contributed by atoms with van der Waals surface area (Å²) in [6, 6.07) is 3.67. The summed E-state index contributed by atoms with van der Waals surface area (Å²) >= 11 is 1.43. The van der Waals surface area contributed by atoms with Gasteiger partial charge in [0, 0.05) is 11.4 Å². The molecule has 0 aromatic carbocycles. The van der Waals surface area contributed by atoms with E-state index in [4.69, 9.17) is 0 Å². The molecule has 0 aliphatic heterocycles. The second-order valence-electron chi connectivity index (χ2n) is 5.86. The van der Waals surface area contributed by atoms with E-state index in [1.54, 1.807) is 6.92 Å². The lowest BCUT2D eigenvalue weighted by molar-refractivity contribution is 0.0665. The first-order valence-corrected chi connectivity index (χ1v) is 9.66. The lowest BCUT2D eigenvalue weighted by Gasteiger charge is -2.24. The number of hydrogen-bond donors (Lipinski definition) is 2. The molecule has 1 atom stereocenters. The van der Waals surface area contributed by atoms with Crippen LogP contribution in [0.4, 0.5) is 0 Å². The SMILES string of the molecule is C[C@](O)(CNS(=O)(=O)CC1CCCCC1)c1cccs1. The Bertz CT molecular complexity index is 503. The van der Waals surface area contributed by atoms with E-state index >= 15 is 0 Å². The standard InChI is InChI=1S/C14H23NO3S2/c1-14(16,13-8-5-9-19-13)11-15-20(17,18)10-12-6-3-2-4-7-12/h5,8-9,12,15-16H,2-4,6-7,10-11H2,1H3/t14-/m0/s1. The fourth-order valence-electron chi connectivity index (χ4n) is 2.65. The number of hydrogen-bond acceptors (Lipinski definition) is 4. The van der Waals surface area contributed by atoms with Crippen LogP contribution in [0.5, 0.6) is 0 Å². The maximum absolute atomic E-state index is 12.1. The summed E-state index contributed by atoms with van der Waals surface area (Å²) in [4.78, 5) is 0.776. The van der Waals surface area contributed by atoms with E-state index in [1.807, 2.05) is 17.5 Å². The molecule has 1 saturated carbocycles. The van der Waals surface area contributed by atoms with Crippen molar-refractivity contribution in [1.29, 1.82) is 0 Å². The highest BCUT2D eigenvalue weighted by molar-refractivity contribution is 7.89. The molecule has 0 saturated heterocycles. The van der Waals surface area contributed by atoms with Crippen LogP contribution in [-0.2, 0) is 15.6 Å².